The van der Waals surface area contributed by atoms with Gasteiger partial charge >= 0.3 is 0 Å². The fourth-order valence-electron chi connectivity index (χ4n) is 3.14. The summed E-state index contributed by atoms with van der Waals surface area (Å²) in [4.78, 5) is 2.53. The van der Waals surface area contributed by atoms with Gasteiger partial charge in [-0.2, -0.15) is 0 Å². The Kier molecular flexibility index (Phi) is 4.13. The minimum absolute atomic E-state index is 0.344. The van der Waals surface area contributed by atoms with E-state index in [-0.39, 0.29) is 0 Å². The van der Waals surface area contributed by atoms with Crippen molar-refractivity contribution >= 4 is 0 Å². The van der Waals surface area contributed by atoms with Crippen LogP contribution < -0.4 is 14.8 Å². The number of rotatable bonds is 5. The van der Waals surface area contributed by atoms with Crippen molar-refractivity contribution in [2.75, 3.05) is 26.4 Å². The third-order valence-electron chi connectivity index (χ3n) is 4.45. The van der Waals surface area contributed by atoms with Crippen LogP contribution in [-0.4, -0.2) is 37.4 Å². The molecule has 2 heterocycles. The van der Waals surface area contributed by atoms with Crippen molar-refractivity contribution < 1.29 is 9.47 Å². The second-order valence-corrected chi connectivity index (χ2v) is 5.67. The summed E-state index contributed by atoms with van der Waals surface area (Å²) in [7, 11) is 0. The molecular formula is C16H24N2O2. The zero-order chi connectivity index (χ0) is 13.9. The summed E-state index contributed by atoms with van der Waals surface area (Å²) in [5.74, 6) is 1.74. The Bertz CT molecular complexity index is 458. The van der Waals surface area contributed by atoms with Gasteiger partial charge in [0, 0.05) is 18.6 Å². The van der Waals surface area contributed by atoms with Crippen LogP contribution in [0.25, 0.3) is 0 Å². The molecule has 1 saturated heterocycles. The van der Waals surface area contributed by atoms with Gasteiger partial charge < -0.3 is 14.8 Å². The Morgan fingerprint density at radius 3 is 2.95 bits per heavy atom. The number of benzene rings is 1. The first-order chi connectivity index (χ1) is 9.78. The minimum atomic E-state index is 0.344. The maximum Gasteiger partial charge on any atom is 0.231 e. The van der Waals surface area contributed by atoms with Crippen LogP contribution >= 0.6 is 0 Å². The molecule has 0 spiro atoms. The fraction of sp³-hybridized carbons (Fsp3) is 0.625. The largest absolute Gasteiger partial charge is 0.454 e. The molecule has 0 aliphatic carbocycles. The van der Waals surface area contributed by atoms with Crippen LogP contribution in [0.1, 0.15) is 38.3 Å². The molecule has 0 aromatic heterocycles. The van der Waals surface area contributed by atoms with Gasteiger partial charge in [0.25, 0.3) is 0 Å². The lowest BCUT2D eigenvalue weighted by molar-refractivity contribution is 0.173. The quantitative estimate of drug-likeness (QED) is 0.896. The van der Waals surface area contributed by atoms with Crippen molar-refractivity contribution in [1.82, 2.24) is 10.2 Å². The third-order valence-corrected chi connectivity index (χ3v) is 4.45. The van der Waals surface area contributed by atoms with E-state index in [1.807, 2.05) is 6.07 Å². The molecule has 20 heavy (non-hydrogen) atoms. The number of nitrogens with one attached hydrogen (secondary N) is 1. The van der Waals surface area contributed by atoms with Gasteiger partial charge in [0.1, 0.15) is 0 Å². The Labute approximate surface area is 121 Å². The lowest BCUT2D eigenvalue weighted by atomic mass is 10.0. The Balaban J connectivity index is 1.70. The molecule has 2 atom stereocenters. The number of hydrogen-bond acceptors (Lipinski definition) is 4. The predicted octanol–water partition coefficient (Wildman–Crippen LogP) is 2.55. The fourth-order valence-corrected chi connectivity index (χ4v) is 3.14. The molecule has 2 aliphatic heterocycles. The van der Waals surface area contributed by atoms with Gasteiger partial charge in [-0.1, -0.05) is 13.0 Å². The van der Waals surface area contributed by atoms with E-state index in [0.29, 0.717) is 18.9 Å². The number of likely N-dealkylation sites (N-methyl/N-ethyl adjacent to an activating group) is 1. The molecule has 0 bridgehead atoms. The average Bonchev–Trinajstić information content (AvgIpc) is 3.14. The van der Waals surface area contributed by atoms with Gasteiger partial charge in [-0.05, 0) is 50.6 Å². The molecule has 2 aliphatic rings. The van der Waals surface area contributed by atoms with Gasteiger partial charge in [0.15, 0.2) is 11.5 Å². The third kappa shape index (κ3) is 2.76. The summed E-state index contributed by atoms with van der Waals surface area (Å²) in [6.45, 7) is 8.20. The molecule has 2 unspecified atom stereocenters. The van der Waals surface area contributed by atoms with E-state index in [2.05, 4.69) is 36.2 Å². The van der Waals surface area contributed by atoms with Gasteiger partial charge in [-0.15, -0.1) is 0 Å². The van der Waals surface area contributed by atoms with Crippen LogP contribution in [0.15, 0.2) is 18.2 Å². The van der Waals surface area contributed by atoms with Crippen LogP contribution in [0, 0.1) is 0 Å². The molecular weight excluding hydrogens is 252 g/mol. The van der Waals surface area contributed by atoms with E-state index < -0.39 is 0 Å². The smallest absolute Gasteiger partial charge is 0.231 e. The first-order valence-electron chi connectivity index (χ1n) is 7.65. The van der Waals surface area contributed by atoms with Crippen LogP contribution in [-0.2, 0) is 0 Å². The summed E-state index contributed by atoms with van der Waals surface area (Å²) in [5.41, 5.74) is 1.30. The molecule has 1 fully saturated rings. The second-order valence-electron chi connectivity index (χ2n) is 5.67. The lowest BCUT2D eigenvalue weighted by Crippen LogP contribution is -2.38. The van der Waals surface area contributed by atoms with Crippen LogP contribution in [0.2, 0.25) is 0 Å². The molecule has 0 amide bonds. The molecule has 1 aromatic carbocycles. The zero-order valence-electron chi connectivity index (χ0n) is 12.4. The number of hydrogen-bond donors (Lipinski definition) is 1. The van der Waals surface area contributed by atoms with Crippen molar-refractivity contribution in [2.45, 2.75) is 38.8 Å². The van der Waals surface area contributed by atoms with Gasteiger partial charge in [0.05, 0.1) is 0 Å². The summed E-state index contributed by atoms with van der Waals surface area (Å²) in [6.07, 6.45) is 2.60. The molecule has 0 saturated carbocycles. The van der Waals surface area contributed by atoms with Crippen LogP contribution in [0.3, 0.4) is 0 Å². The summed E-state index contributed by atoms with van der Waals surface area (Å²) < 4.78 is 10.9. The van der Waals surface area contributed by atoms with Crippen molar-refractivity contribution in [2.24, 2.45) is 0 Å². The van der Waals surface area contributed by atoms with E-state index in [0.717, 1.165) is 24.6 Å². The molecule has 110 valence electrons. The average molecular weight is 276 g/mol. The highest BCUT2D eigenvalue weighted by Crippen LogP contribution is 2.35. The molecule has 1 N–H and O–H groups in total. The van der Waals surface area contributed by atoms with E-state index in [1.54, 1.807) is 0 Å². The van der Waals surface area contributed by atoms with Crippen molar-refractivity contribution in [3.05, 3.63) is 23.8 Å². The van der Waals surface area contributed by atoms with Gasteiger partial charge in [-0.25, -0.2) is 0 Å². The number of nitrogens with zero attached hydrogens (tertiary/aromatic N) is 1. The molecule has 1 aromatic rings. The van der Waals surface area contributed by atoms with Crippen molar-refractivity contribution in [1.29, 1.82) is 0 Å². The second kappa shape index (κ2) is 6.02. The molecule has 4 heteroatoms. The van der Waals surface area contributed by atoms with E-state index in [1.165, 1.54) is 24.9 Å². The van der Waals surface area contributed by atoms with Crippen LogP contribution in [0.4, 0.5) is 0 Å². The summed E-state index contributed by atoms with van der Waals surface area (Å²) in [6, 6.07) is 7.35. The monoisotopic (exact) mass is 276 g/mol. The first kappa shape index (κ1) is 13.7. The standard InChI is InChI=1S/C16H24N2O2/c1-3-18(10-14-5-4-8-17-14)12(2)13-6-7-15-16(9-13)20-11-19-15/h6-7,9,12,14,17H,3-5,8,10-11H2,1-2H3. The van der Waals surface area contributed by atoms with Gasteiger partial charge in [0.2, 0.25) is 6.79 Å². The highest BCUT2D eigenvalue weighted by atomic mass is 16.7. The normalized spacial score (nSPS) is 22.4. The van der Waals surface area contributed by atoms with Crippen molar-refractivity contribution in [3.8, 4) is 11.5 Å². The summed E-state index contributed by atoms with van der Waals surface area (Å²) >= 11 is 0. The Hall–Kier alpha value is -1.26. The highest BCUT2D eigenvalue weighted by Gasteiger charge is 2.23. The summed E-state index contributed by atoms with van der Waals surface area (Å²) in [5, 5.41) is 3.58. The maximum atomic E-state index is 5.48. The van der Waals surface area contributed by atoms with Gasteiger partial charge in [-0.3, -0.25) is 4.90 Å². The van der Waals surface area contributed by atoms with Crippen molar-refractivity contribution in [3.63, 3.8) is 0 Å². The van der Waals surface area contributed by atoms with E-state index in [4.69, 9.17) is 9.47 Å². The molecule has 3 rings (SSSR count). The predicted molar refractivity (Wildman–Crippen MR) is 79.3 cm³/mol. The van der Waals surface area contributed by atoms with E-state index >= 15 is 0 Å². The first-order valence-corrected chi connectivity index (χ1v) is 7.65. The SMILES string of the molecule is CCN(CC1CCCN1)C(C)c1ccc2c(c1)OCO2. The zero-order valence-corrected chi connectivity index (χ0v) is 12.4. The Morgan fingerprint density at radius 2 is 2.20 bits per heavy atom. The number of ether oxygens (including phenoxy) is 2. The Morgan fingerprint density at radius 1 is 1.35 bits per heavy atom. The minimum Gasteiger partial charge on any atom is -0.454 e. The highest BCUT2D eigenvalue weighted by molar-refractivity contribution is 5.45. The lowest BCUT2D eigenvalue weighted by Gasteiger charge is -2.30. The number of fused-ring (bicyclic) bond motifs is 1. The topological polar surface area (TPSA) is 33.7 Å². The van der Waals surface area contributed by atoms with Crippen LogP contribution in [0.5, 0.6) is 11.5 Å². The maximum absolute atomic E-state index is 5.48. The van der Waals surface area contributed by atoms with E-state index in [9.17, 15) is 0 Å². The molecule has 0 radical (unpaired) electrons. The molecule has 4 nitrogen and oxygen atoms in total.